The van der Waals surface area contributed by atoms with Gasteiger partial charge < -0.3 is 10.0 Å². The van der Waals surface area contributed by atoms with Crippen molar-refractivity contribution in [3.05, 3.63) is 28.2 Å². The minimum atomic E-state index is -0.899. The van der Waals surface area contributed by atoms with Gasteiger partial charge >= 0.3 is 5.97 Å². The number of nitrogens with zero attached hydrogens (tertiary/aromatic N) is 1. The van der Waals surface area contributed by atoms with Crippen LogP contribution in [0, 0.1) is 0 Å². The summed E-state index contributed by atoms with van der Waals surface area (Å²) in [6.45, 7) is 7.32. The van der Waals surface area contributed by atoms with Gasteiger partial charge in [-0.2, -0.15) is 0 Å². The largest absolute Gasteiger partial charge is 0.478 e. The molecule has 1 aromatic rings. The number of hydrogen-bond acceptors (Lipinski definition) is 2. The molecular formula is C13H18BrNO2. The number of carbonyl (C=O) groups is 1. The molecule has 3 nitrogen and oxygen atoms in total. The van der Waals surface area contributed by atoms with Gasteiger partial charge in [-0.3, -0.25) is 0 Å². The van der Waals surface area contributed by atoms with Crippen LogP contribution in [0.25, 0.3) is 0 Å². The minimum Gasteiger partial charge on any atom is -0.478 e. The molecule has 4 heteroatoms. The maximum atomic E-state index is 10.9. The smallest absolute Gasteiger partial charge is 0.335 e. The second kappa shape index (κ2) is 6.05. The van der Waals surface area contributed by atoms with E-state index in [1.807, 2.05) is 6.07 Å². The highest BCUT2D eigenvalue weighted by molar-refractivity contribution is 9.10. The molecule has 0 fully saturated rings. The van der Waals surface area contributed by atoms with E-state index in [4.69, 9.17) is 5.11 Å². The summed E-state index contributed by atoms with van der Waals surface area (Å²) in [5, 5.41) is 8.92. The average molecular weight is 300 g/mol. The van der Waals surface area contributed by atoms with Crippen LogP contribution in [0.4, 0.5) is 5.69 Å². The highest BCUT2D eigenvalue weighted by Crippen LogP contribution is 2.29. The van der Waals surface area contributed by atoms with E-state index in [9.17, 15) is 4.79 Å². The molecule has 0 saturated carbocycles. The minimum absolute atomic E-state index is 0.306. The number of carboxylic acid groups (broad SMARTS) is 1. The van der Waals surface area contributed by atoms with Crippen LogP contribution in [0.5, 0.6) is 0 Å². The molecule has 0 aliphatic heterocycles. The van der Waals surface area contributed by atoms with Crippen LogP contribution in [0.2, 0.25) is 0 Å². The van der Waals surface area contributed by atoms with E-state index in [-0.39, 0.29) is 0 Å². The van der Waals surface area contributed by atoms with Gasteiger partial charge in [0, 0.05) is 17.1 Å². The lowest BCUT2D eigenvalue weighted by atomic mass is 10.1. The molecule has 0 aliphatic carbocycles. The lowest BCUT2D eigenvalue weighted by molar-refractivity contribution is 0.0697. The van der Waals surface area contributed by atoms with Gasteiger partial charge in [0.2, 0.25) is 0 Å². The molecule has 1 unspecified atom stereocenters. The number of carboxylic acids is 1. The third kappa shape index (κ3) is 3.22. The Morgan fingerprint density at radius 3 is 2.53 bits per heavy atom. The Kier molecular flexibility index (Phi) is 5.00. The standard InChI is InChI=1S/C13H18BrNO2/c1-4-9(3)15(5-2)12-7-6-10(13(16)17)8-11(12)14/h6-9H,4-5H2,1-3H3,(H,16,17). The van der Waals surface area contributed by atoms with Crippen molar-refractivity contribution in [2.45, 2.75) is 33.2 Å². The van der Waals surface area contributed by atoms with Crippen molar-refractivity contribution in [1.82, 2.24) is 0 Å². The number of rotatable bonds is 5. The Bertz CT molecular complexity index is 406. The molecule has 0 amide bonds. The van der Waals surface area contributed by atoms with E-state index in [1.165, 1.54) is 0 Å². The summed E-state index contributed by atoms with van der Waals surface area (Å²) in [5.41, 5.74) is 1.35. The van der Waals surface area contributed by atoms with Gasteiger partial charge in [-0.25, -0.2) is 4.79 Å². The number of hydrogen-bond donors (Lipinski definition) is 1. The summed E-state index contributed by atoms with van der Waals surface area (Å²) in [5.74, 6) is -0.899. The normalized spacial score (nSPS) is 12.2. The molecular weight excluding hydrogens is 282 g/mol. The number of benzene rings is 1. The summed E-state index contributed by atoms with van der Waals surface area (Å²) in [6, 6.07) is 5.60. The first-order chi connectivity index (χ1) is 8.01. The average Bonchev–Trinajstić information content (AvgIpc) is 2.31. The van der Waals surface area contributed by atoms with E-state index in [2.05, 4.69) is 41.6 Å². The van der Waals surface area contributed by atoms with Gasteiger partial charge in [-0.15, -0.1) is 0 Å². The van der Waals surface area contributed by atoms with Crippen LogP contribution in [0.15, 0.2) is 22.7 Å². The fourth-order valence-corrected chi connectivity index (χ4v) is 2.42. The molecule has 1 rings (SSSR count). The first-order valence-corrected chi connectivity index (χ1v) is 6.60. The van der Waals surface area contributed by atoms with Gasteiger partial charge in [0.25, 0.3) is 0 Å². The zero-order valence-corrected chi connectivity index (χ0v) is 12.0. The fraction of sp³-hybridized carbons (Fsp3) is 0.462. The summed E-state index contributed by atoms with van der Waals surface area (Å²) in [7, 11) is 0. The lowest BCUT2D eigenvalue weighted by Gasteiger charge is -2.30. The highest BCUT2D eigenvalue weighted by atomic mass is 79.9. The Labute approximate surface area is 111 Å². The maximum absolute atomic E-state index is 10.9. The molecule has 0 saturated heterocycles. The van der Waals surface area contributed by atoms with E-state index in [0.717, 1.165) is 23.1 Å². The third-order valence-corrected chi connectivity index (χ3v) is 3.60. The first kappa shape index (κ1) is 14.0. The van der Waals surface area contributed by atoms with Crippen molar-refractivity contribution in [2.75, 3.05) is 11.4 Å². The van der Waals surface area contributed by atoms with Crippen LogP contribution in [0.3, 0.4) is 0 Å². The quantitative estimate of drug-likeness (QED) is 0.900. The second-order valence-corrected chi connectivity index (χ2v) is 4.87. The third-order valence-electron chi connectivity index (χ3n) is 2.97. The molecule has 0 aromatic heterocycles. The van der Waals surface area contributed by atoms with Crippen molar-refractivity contribution in [3.63, 3.8) is 0 Å². The Hall–Kier alpha value is -1.03. The van der Waals surface area contributed by atoms with Crippen LogP contribution in [-0.4, -0.2) is 23.7 Å². The lowest BCUT2D eigenvalue weighted by Crippen LogP contribution is -2.32. The second-order valence-electron chi connectivity index (χ2n) is 4.01. The SMILES string of the molecule is CCC(C)N(CC)c1ccc(C(=O)O)cc1Br. The van der Waals surface area contributed by atoms with Crippen molar-refractivity contribution >= 4 is 27.6 Å². The van der Waals surface area contributed by atoms with Gasteiger partial charge in [0.1, 0.15) is 0 Å². The summed E-state index contributed by atoms with van der Waals surface area (Å²) < 4.78 is 0.833. The fourth-order valence-electron chi connectivity index (χ4n) is 1.81. The molecule has 0 spiro atoms. The van der Waals surface area contributed by atoms with Crippen molar-refractivity contribution in [2.24, 2.45) is 0 Å². The monoisotopic (exact) mass is 299 g/mol. The van der Waals surface area contributed by atoms with E-state index in [1.54, 1.807) is 12.1 Å². The number of halogens is 1. The zero-order valence-electron chi connectivity index (χ0n) is 10.4. The zero-order chi connectivity index (χ0) is 13.0. The van der Waals surface area contributed by atoms with Crippen LogP contribution in [0.1, 0.15) is 37.6 Å². The van der Waals surface area contributed by atoms with E-state index in [0.29, 0.717) is 11.6 Å². The highest BCUT2D eigenvalue weighted by Gasteiger charge is 2.15. The topological polar surface area (TPSA) is 40.5 Å². The van der Waals surface area contributed by atoms with Gasteiger partial charge in [0.05, 0.1) is 11.3 Å². The molecule has 0 heterocycles. The molecule has 0 aliphatic rings. The van der Waals surface area contributed by atoms with Crippen LogP contribution < -0.4 is 4.90 Å². The van der Waals surface area contributed by atoms with Crippen LogP contribution >= 0.6 is 15.9 Å². The van der Waals surface area contributed by atoms with Gasteiger partial charge in [0.15, 0.2) is 0 Å². The summed E-state index contributed by atoms with van der Waals surface area (Å²) in [6.07, 6.45) is 1.06. The predicted molar refractivity (Wildman–Crippen MR) is 73.9 cm³/mol. The molecule has 1 aromatic carbocycles. The Morgan fingerprint density at radius 1 is 1.47 bits per heavy atom. The van der Waals surface area contributed by atoms with Gasteiger partial charge in [-0.1, -0.05) is 6.92 Å². The Balaban J connectivity index is 3.09. The predicted octanol–water partition coefficient (Wildman–Crippen LogP) is 3.77. The summed E-state index contributed by atoms with van der Waals surface area (Å²) >= 11 is 3.45. The van der Waals surface area contributed by atoms with Gasteiger partial charge in [-0.05, 0) is 54.4 Å². The molecule has 0 bridgehead atoms. The summed E-state index contributed by atoms with van der Waals surface area (Å²) in [4.78, 5) is 13.1. The Morgan fingerprint density at radius 2 is 2.12 bits per heavy atom. The molecule has 1 atom stereocenters. The van der Waals surface area contributed by atoms with Crippen LogP contribution in [-0.2, 0) is 0 Å². The molecule has 94 valence electrons. The first-order valence-electron chi connectivity index (χ1n) is 5.80. The molecule has 1 N–H and O–H groups in total. The van der Waals surface area contributed by atoms with Crippen molar-refractivity contribution < 1.29 is 9.90 Å². The number of anilines is 1. The molecule has 17 heavy (non-hydrogen) atoms. The van der Waals surface area contributed by atoms with Crippen molar-refractivity contribution in [1.29, 1.82) is 0 Å². The van der Waals surface area contributed by atoms with Crippen molar-refractivity contribution in [3.8, 4) is 0 Å². The van der Waals surface area contributed by atoms with E-state index < -0.39 is 5.97 Å². The molecule has 0 radical (unpaired) electrons. The number of aromatic carboxylic acids is 1. The van der Waals surface area contributed by atoms with E-state index >= 15 is 0 Å². The maximum Gasteiger partial charge on any atom is 0.335 e.